The molecule has 10 nitrogen and oxygen atoms in total. The van der Waals surface area contributed by atoms with E-state index < -0.39 is 42.5 Å². The standard InChI is InChI=1S/C28H40O10/c1-17(2)13-27(33,14-18-7-9-20(35-3)11-23(18)37-5)26(32)28(34,25(31)22(30)16-29)15-19-8-10-21(36-4)12-24(19)38-6/h7-12,22,25-26,29-34H,1,13-16H2,2-6H3/t22-,25+,26+,27?,28+/m0/s1. The first-order valence-corrected chi connectivity index (χ1v) is 12.0. The Balaban J connectivity index is 2.65. The fourth-order valence-corrected chi connectivity index (χ4v) is 4.67. The molecule has 5 atom stereocenters. The van der Waals surface area contributed by atoms with Crippen LogP contribution in [0.1, 0.15) is 24.5 Å². The van der Waals surface area contributed by atoms with Crippen LogP contribution in [0, 0.1) is 0 Å². The van der Waals surface area contributed by atoms with E-state index in [0.717, 1.165) is 0 Å². The van der Waals surface area contributed by atoms with Crippen LogP contribution in [0.4, 0.5) is 0 Å². The molecular formula is C28H40O10. The minimum atomic E-state index is -2.56. The highest BCUT2D eigenvalue weighted by molar-refractivity contribution is 5.43. The van der Waals surface area contributed by atoms with E-state index >= 15 is 0 Å². The van der Waals surface area contributed by atoms with Crippen LogP contribution in [0.2, 0.25) is 0 Å². The smallest absolute Gasteiger partial charge is 0.126 e. The molecule has 0 saturated heterocycles. The number of aliphatic hydroxyl groups excluding tert-OH is 4. The van der Waals surface area contributed by atoms with E-state index in [4.69, 9.17) is 18.9 Å². The van der Waals surface area contributed by atoms with E-state index in [1.807, 2.05) is 0 Å². The minimum Gasteiger partial charge on any atom is -0.497 e. The van der Waals surface area contributed by atoms with E-state index in [1.54, 1.807) is 43.3 Å². The third-order valence-corrected chi connectivity index (χ3v) is 6.61. The lowest BCUT2D eigenvalue weighted by Gasteiger charge is -2.46. The second kappa shape index (κ2) is 13.3. The van der Waals surface area contributed by atoms with E-state index in [2.05, 4.69) is 6.58 Å². The first-order valence-electron chi connectivity index (χ1n) is 12.0. The Morgan fingerprint density at radius 2 is 1.29 bits per heavy atom. The summed E-state index contributed by atoms with van der Waals surface area (Å²) in [5.41, 5.74) is -3.34. The Morgan fingerprint density at radius 1 is 0.816 bits per heavy atom. The third kappa shape index (κ3) is 6.96. The van der Waals surface area contributed by atoms with Gasteiger partial charge in [-0.3, -0.25) is 0 Å². The molecule has 0 aliphatic rings. The number of ether oxygens (including phenoxy) is 4. The van der Waals surface area contributed by atoms with E-state index in [9.17, 15) is 30.6 Å². The molecule has 6 N–H and O–H groups in total. The molecule has 0 fully saturated rings. The van der Waals surface area contributed by atoms with Crippen LogP contribution in [-0.4, -0.2) is 95.2 Å². The molecule has 0 spiro atoms. The van der Waals surface area contributed by atoms with Crippen molar-refractivity contribution in [3.63, 3.8) is 0 Å². The van der Waals surface area contributed by atoms with E-state index in [1.165, 1.54) is 28.4 Å². The molecule has 1 unspecified atom stereocenters. The summed E-state index contributed by atoms with van der Waals surface area (Å²) in [6.07, 6.45) is -6.81. The van der Waals surface area contributed by atoms with Gasteiger partial charge in [0.05, 0.1) is 35.0 Å². The van der Waals surface area contributed by atoms with Gasteiger partial charge in [-0.05, 0) is 36.6 Å². The molecule has 0 radical (unpaired) electrons. The molecule has 0 aliphatic carbocycles. The average Bonchev–Trinajstić information content (AvgIpc) is 2.91. The Morgan fingerprint density at radius 3 is 1.68 bits per heavy atom. The Kier molecular flexibility index (Phi) is 11.0. The monoisotopic (exact) mass is 536 g/mol. The zero-order valence-corrected chi connectivity index (χ0v) is 22.5. The van der Waals surface area contributed by atoms with Crippen molar-refractivity contribution in [2.45, 2.75) is 55.7 Å². The summed E-state index contributed by atoms with van der Waals surface area (Å²) in [6, 6.07) is 9.64. The van der Waals surface area contributed by atoms with Crippen LogP contribution in [0.25, 0.3) is 0 Å². The number of rotatable bonds is 15. The van der Waals surface area contributed by atoms with Crippen LogP contribution >= 0.6 is 0 Å². The van der Waals surface area contributed by atoms with Crippen LogP contribution in [-0.2, 0) is 12.8 Å². The molecule has 0 aliphatic heterocycles. The largest absolute Gasteiger partial charge is 0.497 e. The van der Waals surface area contributed by atoms with Crippen molar-refractivity contribution in [1.82, 2.24) is 0 Å². The van der Waals surface area contributed by atoms with Crippen molar-refractivity contribution in [3.8, 4) is 23.0 Å². The van der Waals surface area contributed by atoms with Gasteiger partial charge in [-0.25, -0.2) is 0 Å². The lowest BCUT2D eigenvalue weighted by molar-refractivity contribution is -0.228. The van der Waals surface area contributed by atoms with Crippen molar-refractivity contribution in [3.05, 3.63) is 59.7 Å². The summed E-state index contributed by atoms with van der Waals surface area (Å²) in [6.45, 7) is 4.60. The van der Waals surface area contributed by atoms with Gasteiger partial charge < -0.3 is 49.6 Å². The van der Waals surface area contributed by atoms with E-state index in [-0.39, 0.29) is 18.6 Å². The summed E-state index contributed by atoms with van der Waals surface area (Å²) in [7, 11) is 5.82. The molecule has 0 heterocycles. The number of benzene rings is 2. The molecule has 2 rings (SSSR count). The van der Waals surface area contributed by atoms with Gasteiger partial charge in [0.25, 0.3) is 0 Å². The minimum absolute atomic E-state index is 0.173. The molecule has 0 aromatic heterocycles. The highest BCUT2D eigenvalue weighted by Crippen LogP contribution is 2.39. The zero-order valence-electron chi connectivity index (χ0n) is 22.5. The summed E-state index contributed by atoms with van der Waals surface area (Å²) >= 11 is 0. The zero-order chi connectivity index (χ0) is 28.7. The predicted molar refractivity (Wildman–Crippen MR) is 141 cm³/mol. The molecule has 10 heteroatoms. The van der Waals surface area contributed by atoms with Gasteiger partial charge in [-0.1, -0.05) is 17.7 Å². The maximum absolute atomic E-state index is 11.9. The average molecular weight is 537 g/mol. The summed E-state index contributed by atoms with van der Waals surface area (Å²) in [5.74, 6) is 1.63. The highest BCUT2D eigenvalue weighted by atomic mass is 16.5. The van der Waals surface area contributed by atoms with Crippen LogP contribution in [0.15, 0.2) is 48.6 Å². The van der Waals surface area contributed by atoms with Crippen LogP contribution < -0.4 is 18.9 Å². The van der Waals surface area contributed by atoms with Crippen molar-refractivity contribution in [1.29, 1.82) is 0 Å². The van der Waals surface area contributed by atoms with Gasteiger partial charge in [0.2, 0.25) is 0 Å². The van der Waals surface area contributed by atoms with Gasteiger partial charge in [-0.15, -0.1) is 6.58 Å². The van der Waals surface area contributed by atoms with Gasteiger partial charge in [0, 0.05) is 25.0 Å². The lowest BCUT2D eigenvalue weighted by atomic mass is 9.71. The fourth-order valence-electron chi connectivity index (χ4n) is 4.67. The second-order valence-electron chi connectivity index (χ2n) is 9.54. The predicted octanol–water partition coefficient (Wildman–Crippen LogP) is 1.01. The molecule has 0 amide bonds. The summed E-state index contributed by atoms with van der Waals surface area (Å²) < 4.78 is 21.3. The van der Waals surface area contributed by atoms with Crippen molar-refractivity contribution < 1.29 is 49.6 Å². The molecular weight excluding hydrogens is 496 g/mol. The SMILES string of the molecule is C=C(C)CC(O)(Cc1ccc(OC)cc1OC)[C@@H](O)[C@@](O)(Cc1ccc(OC)cc1OC)[C@H](O)[C@@H](O)CO. The molecule has 38 heavy (non-hydrogen) atoms. The van der Waals surface area contributed by atoms with Gasteiger partial charge >= 0.3 is 0 Å². The first kappa shape index (κ1) is 31.4. The Hall–Kier alpha value is -2.86. The second-order valence-corrected chi connectivity index (χ2v) is 9.54. The van der Waals surface area contributed by atoms with Gasteiger partial charge in [-0.2, -0.15) is 0 Å². The molecule has 0 saturated carbocycles. The fraction of sp³-hybridized carbons (Fsp3) is 0.500. The van der Waals surface area contributed by atoms with Gasteiger partial charge in [0.15, 0.2) is 0 Å². The van der Waals surface area contributed by atoms with E-state index in [0.29, 0.717) is 33.9 Å². The molecule has 2 aromatic carbocycles. The third-order valence-electron chi connectivity index (χ3n) is 6.61. The summed E-state index contributed by atoms with van der Waals surface area (Å²) in [5, 5.41) is 66.3. The van der Waals surface area contributed by atoms with Crippen LogP contribution in [0.5, 0.6) is 23.0 Å². The highest BCUT2D eigenvalue weighted by Gasteiger charge is 2.54. The lowest BCUT2D eigenvalue weighted by Crippen LogP contribution is -2.66. The van der Waals surface area contributed by atoms with Gasteiger partial charge in [0.1, 0.15) is 52.5 Å². The van der Waals surface area contributed by atoms with Crippen molar-refractivity contribution in [2.24, 2.45) is 0 Å². The maximum Gasteiger partial charge on any atom is 0.126 e. The number of aliphatic hydroxyl groups is 6. The Bertz CT molecular complexity index is 1070. The Labute approximate surface area is 223 Å². The molecule has 212 valence electrons. The number of methoxy groups -OCH3 is 4. The normalized spacial score (nSPS) is 16.9. The van der Waals surface area contributed by atoms with Crippen molar-refractivity contribution >= 4 is 0 Å². The number of hydrogen-bond donors (Lipinski definition) is 6. The quantitative estimate of drug-likeness (QED) is 0.181. The maximum atomic E-state index is 11.9. The number of hydrogen-bond acceptors (Lipinski definition) is 10. The molecule has 0 bridgehead atoms. The molecule has 2 aromatic rings. The van der Waals surface area contributed by atoms with Crippen LogP contribution in [0.3, 0.4) is 0 Å². The topological polar surface area (TPSA) is 158 Å². The summed E-state index contributed by atoms with van der Waals surface area (Å²) in [4.78, 5) is 0. The van der Waals surface area contributed by atoms with Crippen molar-refractivity contribution in [2.75, 3.05) is 35.0 Å². The first-order chi connectivity index (χ1) is 17.9.